The molecule has 6 N–H and O–H groups in total. The van der Waals surface area contributed by atoms with Crippen LogP contribution in [0.15, 0.2) is 60.7 Å². The Morgan fingerprint density at radius 1 is 0.707 bits per heavy atom. The molecule has 13 nitrogen and oxygen atoms in total. The lowest BCUT2D eigenvalue weighted by atomic mass is 10.0. The highest BCUT2D eigenvalue weighted by Crippen LogP contribution is 2.09. The molecular formula is C28H35N5O8. The molecule has 2 rings (SSSR count). The topological polar surface area (TPSA) is 192 Å². The fourth-order valence-electron chi connectivity index (χ4n) is 3.49. The van der Waals surface area contributed by atoms with Crippen molar-refractivity contribution in [3.05, 3.63) is 71.8 Å². The number of benzene rings is 2. The first kappa shape index (κ1) is 32.3. The summed E-state index contributed by atoms with van der Waals surface area (Å²) < 4.78 is 5.26. The Hall–Kier alpha value is -4.94. The first-order chi connectivity index (χ1) is 19.2. The molecule has 0 bridgehead atoms. The molecule has 0 saturated heterocycles. The molecule has 0 fully saturated rings. The first-order valence-electron chi connectivity index (χ1n) is 12.8. The quantitative estimate of drug-likeness (QED) is 0.177. The number of ether oxygens (including phenoxy) is 1. The highest BCUT2D eigenvalue weighted by Gasteiger charge is 2.28. The van der Waals surface area contributed by atoms with Crippen LogP contribution in [0.5, 0.6) is 0 Å². The van der Waals surface area contributed by atoms with Crippen LogP contribution in [-0.2, 0) is 41.6 Å². The minimum atomic E-state index is -1.78. The maximum absolute atomic E-state index is 13.0. The number of rotatable bonds is 10. The number of amides is 5. The lowest BCUT2D eigenvalue weighted by Gasteiger charge is -2.24. The summed E-state index contributed by atoms with van der Waals surface area (Å²) in [6.07, 6.45) is -0.752. The summed E-state index contributed by atoms with van der Waals surface area (Å²) >= 11 is 0. The maximum atomic E-state index is 13.0. The molecule has 0 unspecified atom stereocenters. The molecule has 0 radical (unpaired) electrons. The van der Waals surface area contributed by atoms with Crippen LogP contribution in [0.25, 0.3) is 0 Å². The molecule has 3 atom stereocenters. The summed E-state index contributed by atoms with van der Waals surface area (Å²) in [5.41, 5.74) is 4.88. The van der Waals surface area contributed by atoms with Gasteiger partial charge in [0.15, 0.2) is 0 Å². The number of carboxylic acids is 1. The Morgan fingerprint density at radius 3 is 1.63 bits per heavy atom. The minimum Gasteiger partial charge on any atom is -0.474 e. The number of carboxylic acid groups (broad SMARTS) is 1. The van der Waals surface area contributed by atoms with Gasteiger partial charge >= 0.3 is 18.0 Å². The third-order valence-electron chi connectivity index (χ3n) is 5.45. The molecule has 0 aliphatic heterocycles. The van der Waals surface area contributed by atoms with Crippen LogP contribution in [0.4, 0.5) is 4.79 Å². The van der Waals surface area contributed by atoms with Gasteiger partial charge in [-0.05, 0) is 38.8 Å². The standard InChI is InChI=1S/C28H35N5O8/c1-17(29-23(35)20(15-18-11-7-5-8-12-18)31-27(40)41-28(2,3)4)22(34)32-33-24(36)21(30-25(37)26(38)39)16-19-13-9-6-10-14-19/h5-14,17,20-21H,15-16H2,1-4H3,(H,29,35)(H,30,37)(H,31,40)(H,32,34)(H,33,36)(H,38,39)/t17-,20-,21-/m0/s1. The zero-order valence-corrected chi connectivity index (χ0v) is 23.2. The van der Waals surface area contributed by atoms with Crippen LogP contribution in [0.3, 0.4) is 0 Å². The molecule has 2 aromatic rings. The third-order valence-corrected chi connectivity index (χ3v) is 5.45. The van der Waals surface area contributed by atoms with Gasteiger partial charge in [-0.1, -0.05) is 60.7 Å². The largest absolute Gasteiger partial charge is 0.474 e. The molecular weight excluding hydrogens is 534 g/mol. The molecule has 13 heteroatoms. The van der Waals surface area contributed by atoms with E-state index in [1.165, 1.54) is 6.92 Å². The number of carbonyl (C=O) groups excluding carboxylic acids is 5. The highest BCUT2D eigenvalue weighted by atomic mass is 16.6. The summed E-state index contributed by atoms with van der Waals surface area (Å²) in [6.45, 7) is 6.39. The Labute approximate surface area is 237 Å². The maximum Gasteiger partial charge on any atom is 0.408 e. The van der Waals surface area contributed by atoms with E-state index in [-0.39, 0.29) is 12.8 Å². The number of hydrogen-bond acceptors (Lipinski definition) is 7. The molecule has 0 aliphatic carbocycles. The van der Waals surface area contributed by atoms with Gasteiger partial charge in [-0.2, -0.15) is 0 Å². The van der Waals surface area contributed by atoms with Gasteiger partial charge in [-0.15, -0.1) is 0 Å². The van der Waals surface area contributed by atoms with Crippen LogP contribution in [0.2, 0.25) is 0 Å². The smallest absolute Gasteiger partial charge is 0.408 e. The second-order valence-corrected chi connectivity index (χ2v) is 10.1. The molecule has 220 valence electrons. The fraction of sp³-hybridized carbons (Fsp3) is 0.357. The number of hydrazine groups is 1. The predicted octanol–water partition coefficient (Wildman–Crippen LogP) is 0.587. The van der Waals surface area contributed by atoms with Crippen LogP contribution in [-0.4, -0.2) is 64.5 Å². The van der Waals surface area contributed by atoms with E-state index < -0.39 is 59.4 Å². The monoisotopic (exact) mass is 569 g/mol. The molecule has 41 heavy (non-hydrogen) atoms. The van der Waals surface area contributed by atoms with Crippen molar-refractivity contribution in [1.29, 1.82) is 0 Å². The van der Waals surface area contributed by atoms with Gasteiger partial charge in [0.1, 0.15) is 23.7 Å². The Morgan fingerprint density at radius 2 is 1.17 bits per heavy atom. The van der Waals surface area contributed by atoms with E-state index in [0.717, 1.165) is 5.56 Å². The van der Waals surface area contributed by atoms with Crippen LogP contribution >= 0.6 is 0 Å². The number of nitrogens with one attached hydrogen (secondary N) is 5. The second kappa shape index (κ2) is 15.0. The second-order valence-electron chi connectivity index (χ2n) is 10.1. The summed E-state index contributed by atoms with van der Waals surface area (Å²) in [4.78, 5) is 73.5. The van der Waals surface area contributed by atoms with Crippen molar-refractivity contribution in [2.75, 3.05) is 0 Å². The van der Waals surface area contributed by atoms with Crippen molar-refractivity contribution < 1.29 is 38.6 Å². The van der Waals surface area contributed by atoms with Crippen molar-refractivity contribution in [3.63, 3.8) is 0 Å². The average Bonchev–Trinajstić information content (AvgIpc) is 2.90. The Balaban J connectivity index is 2.03. The first-order valence-corrected chi connectivity index (χ1v) is 12.8. The molecule has 0 saturated carbocycles. The van der Waals surface area contributed by atoms with Crippen molar-refractivity contribution in [3.8, 4) is 0 Å². The third kappa shape index (κ3) is 11.8. The lowest BCUT2D eigenvalue weighted by Crippen LogP contribution is -2.58. The Bertz CT molecular complexity index is 1230. The number of aliphatic carboxylic acids is 1. The summed E-state index contributed by atoms with van der Waals surface area (Å²) in [6, 6.07) is 13.9. The van der Waals surface area contributed by atoms with Crippen LogP contribution in [0, 0.1) is 0 Å². The predicted molar refractivity (Wildman–Crippen MR) is 147 cm³/mol. The van der Waals surface area contributed by atoms with Crippen molar-refractivity contribution >= 4 is 35.7 Å². The fourth-order valence-corrected chi connectivity index (χ4v) is 3.49. The van der Waals surface area contributed by atoms with Gasteiger partial charge < -0.3 is 25.8 Å². The van der Waals surface area contributed by atoms with Gasteiger partial charge in [0.05, 0.1) is 0 Å². The van der Waals surface area contributed by atoms with Gasteiger partial charge in [0, 0.05) is 12.8 Å². The number of carbonyl (C=O) groups is 6. The van der Waals surface area contributed by atoms with E-state index in [0.29, 0.717) is 5.56 Å². The van der Waals surface area contributed by atoms with E-state index in [4.69, 9.17) is 9.84 Å². The van der Waals surface area contributed by atoms with E-state index in [2.05, 4.69) is 26.8 Å². The molecule has 2 aromatic carbocycles. The van der Waals surface area contributed by atoms with Gasteiger partial charge in [-0.3, -0.25) is 30.0 Å². The summed E-state index contributed by atoms with van der Waals surface area (Å²) in [7, 11) is 0. The molecule has 5 amide bonds. The van der Waals surface area contributed by atoms with Gasteiger partial charge in [0.25, 0.3) is 11.8 Å². The zero-order valence-electron chi connectivity index (χ0n) is 23.2. The van der Waals surface area contributed by atoms with E-state index in [1.54, 1.807) is 81.4 Å². The highest BCUT2D eigenvalue weighted by molar-refractivity contribution is 6.32. The minimum absolute atomic E-state index is 0.0502. The average molecular weight is 570 g/mol. The molecule has 0 spiro atoms. The van der Waals surface area contributed by atoms with Crippen molar-refractivity contribution in [2.45, 2.75) is 64.3 Å². The molecule has 0 aliphatic rings. The number of hydrogen-bond donors (Lipinski definition) is 6. The van der Waals surface area contributed by atoms with Gasteiger partial charge in [-0.25, -0.2) is 9.59 Å². The zero-order chi connectivity index (χ0) is 30.6. The van der Waals surface area contributed by atoms with Crippen molar-refractivity contribution in [2.24, 2.45) is 0 Å². The van der Waals surface area contributed by atoms with Crippen LogP contribution in [0.1, 0.15) is 38.8 Å². The number of alkyl carbamates (subject to hydrolysis) is 1. The van der Waals surface area contributed by atoms with E-state index >= 15 is 0 Å². The summed E-state index contributed by atoms with van der Waals surface area (Å²) in [5.74, 6) is -5.55. The molecule has 0 heterocycles. The van der Waals surface area contributed by atoms with E-state index in [9.17, 15) is 28.8 Å². The SMILES string of the molecule is C[C@H](NC(=O)[C@H](Cc1ccccc1)NC(=O)OC(C)(C)C)C(=O)NNC(=O)[C@H](Cc1ccccc1)NC(=O)C(=O)O. The lowest BCUT2D eigenvalue weighted by molar-refractivity contribution is -0.151. The summed E-state index contributed by atoms with van der Waals surface area (Å²) in [5, 5.41) is 16.0. The molecule has 0 aromatic heterocycles. The van der Waals surface area contributed by atoms with Crippen LogP contribution < -0.4 is 26.8 Å². The van der Waals surface area contributed by atoms with Gasteiger partial charge in [0.2, 0.25) is 5.91 Å². The normalized spacial score (nSPS) is 13.0. The van der Waals surface area contributed by atoms with Crippen molar-refractivity contribution in [1.82, 2.24) is 26.8 Å². The Kier molecular flexibility index (Phi) is 11.8. The van der Waals surface area contributed by atoms with E-state index in [1.807, 2.05) is 0 Å².